The highest BCUT2D eigenvalue weighted by molar-refractivity contribution is 7.26. The van der Waals surface area contributed by atoms with Gasteiger partial charge in [0, 0.05) is 78.5 Å². The first-order chi connectivity index (χ1) is 35.4. The minimum absolute atomic E-state index is 0.291. The van der Waals surface area contributed by atoms with Gasteiger partial charge in [0.25, 0.3) is 0 Å². The summed E-state index contributed by atoms with van der Waals surface area (Å²) in [5.74, 6) is 0.892. The zero-order chi connectivity index (χ0) is 48.9. The van der Waals surface area contributed by atoms with Crippen LogP contribution in [0, 0.1) is 0 Å². The first-order valence-electron chi connectivity index (χ1n) is 24.1. The van der Waals surface area contributed by atoms with E-state index < -0.39 is 0 Å². The molecule has 0 amide bonds. The van der Waals surface area contributed by atoms with Crippen LogP contribution < -0.4 is 16.4 Å². The lowest BCUT2D eigenvalue weighted by Gasteiger charge is -2.10. The fourth-order valence-electron chi connectivity index (χ4n) is 10.2. The van der Waals surface area contributed by atoms with Gasteiger partial charge in [-0.2, -0.15) is 0 Å². The van der Waals surface area contributed by atoms with Crippen LogP contribution in [0.15, 0.2) is 228 Å². The second kappa shape index (κ2) is 18.6. The molecule has 0 bridgehead atoms. The third-order valence-corrected chi connectivity index (χ3v) is 16.0. The molecule has 0 saturated carbocycles. The number of nitrogens with zero attached hydrogens (tertiary/aromatic N) is 3. The summed E-state index contributed by atoms with van der Waals surface area (Å²) in [7, 11) is 0. The summed E-state index contributed by atoms with van der Waals surface area (Å²) in [5.41, 5.74) is 19.1. The number of hydrogen-bond acceptors (Lipinski definition) is 4. The van der Waals surface area contributed by atoms with Crippen LogP contribution in [0.25, 0.3) is 113 Å². The molecule has 346 valence electrons. The molecule has 7 heteroatoms. The van der Waals surface area contributed by atoms with Crippen LogP contribution in [-0.2, 0) is 0 Å². The fraction of sp³-hybridized carbons (Fsp3) is 0.0462. The lowest BCUT2D eigenvalue weighted by Crippen LogP contribution is -2.23. The zero-order valence-corrected chi connectivity index (χ0v) is 41.5. The van der Waals surface area contributed by atoms with Crippen LogP contribution in [-0.4, -0.2) is 22.8 Å². The number of rotatable bonds is 10. The predicted molar refractivity (Wildman–Crippen MR) is 313 cm³/mol. The van der Waals surface area contributed by atoms with Gasteiger partial charge in [-0.15, -0.1) is 22.7 Å². The second-order valence-electron chi connectivity index (χ2n) is 17.7. The van der Waals surface area contributed by atoms with Gasteiger partial charge in [-0.3, -0.25) is 4.99 Å². The number of aromatic nitrogens is 1. The minimum Gasteiger partial charge on any atom is -0.456 e. The van der Waals surface area contributed by atoms with Gasteiger partial charge in [0.15, 0.2) is 5.84 Å². The standard InChI is InChI=1S/C65H48N4OS2/c1-5-9-21-45(7-3)69-54-25-16-13-22-48(54)52-37-44(29-34-55(52)69)64(66)68-65(41-19-11-10-12-20-41)67-39-40(6-2)61-53-36-42(30-35-57(53)70-56(61)8-4)46-32-33-47(63-62(46)51-24-15-18-27-59(51)72-63)43-28-31-50-49-23-14-17-26-58(49)71-60(50)38-43/h5-38H,1-2,39H2,3-4H3,(H2,66,67,68)/b21-9-,45-7+,56-8+,61-40+. The SMILES string of the molecule is C=C/C=C\C(=C/C)n1c2ccccc2c2cc(C(N)=NC(=NC/C(C=C)=c3/c(=C\C)oc4ccc(-c5ccc(-c6ccc7c(c6)sc6ccccc67)c6sc7ccccc7c56)cc34)c3ccccc3)ccc21. The van der Waals surface area contributed by atoms with Gasteiger partial charge in [0.2, 0.25) is 0 Å². The van der Waals surface area contributed by atoms with Crippen LogP contribution in [0.4, 0.5) is 0 Å². The summed E-state index contributed by atoms with van der Waals surface area (Å²) < 4.78 is 14.0. The first kappa shape index (κ1) is 44.6. The van der Waals surface area contributed by atoms with Crippen LogP contribution in [0.2, 0.25) is 0 Å². The van der Waals surface area contributed by atoms with Crippen LogP contribution >= 0.6 is 22.7 Å². The van der Waals surface area contributed by atoms with E-state index in [-0.39, 0.29) is 0 Å². The van der Waals surface area contributed by atoms with E-state index in [0.29, 0.717) is 18.2 Å². The molecule has 72 heavy (non-hydrogen) atoms. The number of benzene rings is 8. The van der Waals surface area contributed by atoms with Gasteiger partial charge in [-0.05, 0) is 108 Å². The number of aliphatic imine (C=N–C) groups is 2. The second-order valence-corrected chi connectivity index (χ2v) is 19.9. The van der Waals surface area contributed by atoms with E-state index in [1.54, 1.807) is 6.08 Å². The molecule has 0 unspecified atom stereocenters. The van der Waals surface area contributed by atoms with Gasteiger partial charge in [-0.1, -0.05) is 153 Å². The number of nitrogens with two attached hydrogens (primary N) is 1. The number of furan rings is 1. The lowest BCUT2D eigenvalue weighted by molar-refractivity contribution is 0.574. The third kappa shape index (κ3) is 7.62. The molecular weight excluding hydrogens is 917 g/mol. The highest BCUT2D eigenvalue weighted by atomic mass is 32.1. The molecular formula is C65H48N4OS2. The number of amidine groups is 2. The van der Waals surface area contributed by atoms with Gasteiger partial charge < -0.3 is 14.7 Å². The maximum Gasteiger partial charge on any atom is 0.157 e. The molecule has 0 spiro atoms. The van der Waals surface area contributed by atoms with E-state index in [9.17, 15) is 0 Å². The van der Waals surface area contributed by atoms with E-state index >= 15 is 0 Å². The number of para-hydroxylation sites is 1. The van der Waals surface area contributed by atoms with E-state index in [0.717, 1.165) is 71.4 Å². The van der Waals surface area contributed by atoms with E-state index in [2.05, 4.69) is 163 Å². The molecule has 2 N–H and O–H groups in total. The fourth-order valence-corrected chi connectivity index (χ4v) is 12.7. The van der Waals surface area contributed by atoms with Crippen molar-refractivity contribution in [1.29, 1.82) is 0 Å². The smallest absolute Gasteiger partial charge is 0.157 e. The first-order valence-corrected chi connectivity index (χ1v) is 25.7. The summed E-state index contributed by atoms with van der Waals surface area (Å²) >= 11 is 3.72. The van der Waals surface area contributed by atoms with E-state index in [4.69, 9.17) is 20.1 Å². The molecule has 12 aromatic rings. The summed E-state index contributed by atoms with van der Waals surface area (Å²) in [6.07, 6.45) is 11.8. The topological polar surface area (TPSA) is 68.8 Å². The maximum absolute atomic E-state index is 6.98. The quantitative estimate of drug-likeness (QED) is 0.0843. The van der Waals surface area contributed by atoms with Crippen molar-refractivity contribution < 1.29 is 4.42 Å². The van der Waals surface area contributed by atoms with Crippen molar-refractivity contribution in [3.05, 3.63) is 235 Å². The normalized spacial score (nSPS) is 13.6. The van der Waals surface area contributed by atoms with Crippen molar-refractivity contribution >= 4 is 125 Å². The van der Waals surface area contributed by atoms with Gasteiger partial charge >= 0.3 is 0 Å². The minimum atomic E-state index is 0.291. The van der Waals surface area contributed by atoms with Crippen molar-refractivity contribution in [3.8, 4) is 22.3 Å². The largest absolute Gasteiger partial charge is 0.456 e. The van der Waals surface area contributed by atoms with Crippen LogP contribution in [0.1, 0.15) is 25.0 Å². The molecule has 0 fully saturated rings. The summed E-state index contributed by atoms with van der Waals surface area (Å²) in [4.78, 5) is 10.3. The van der Waals surface area contributed by atoms with Crippen molar-refractivity contribution in [2.24, 2.45) is 15.7 Å². The molecule has 0 aliphatic rings. The van der Waals surface area contributed by atoms with Crippen LogP contribution in [0.3, 0.4) is 0 Å². The average molecular weight is 965 g/mol. The summed E-state index contributed by atoms with van der Waals surface area (Å²) in [6, 6.07) is 60.3. The van der Waals surface area contributed by atoms with E-state index in [1.807, 2.05) is 91.1 Å². The Labute approximate surface area is 424 Å². The Morgan fingerprint density at radius 1 is 0.625 bits per heavy atom. The Balaban J connectivity index is 0.966. The highest BCUT2D eigenvalue weighted by Gasteiger charge is 2.19. The van der Waals surface area contributed by atoms with Crippen molar-refractivity contribution in [2.45, 2.75) is 13.8 Å². The number of thiophene rings is 2. The van der Waals surface area contributed by atoms with Gasteiger partial charge in [0.1, 0.15) is 16.8 Å². The number of allylic oxidation sites excluding steroid dienone is 5. The van der Waals surface area contributed by atoms with Gasteiger partial charge in [-0.25, -0.2) is 4.99 Å². The third-order valence-electron chi connectivity index (χ3n) is 13.7. The summed E-state index contributed by atoms with van der Waals surface area (Å²) in [5, 5.41) is 9.28. The Hall–Kier alpha value is -8.62. The van der Waals surface area contributed by atoms with Crippen molar-refractivity contribution in [3.63, 3.8) is 0 Å². The molecule has 0 aliphatic carbocycles. The molecule has 5 nitrogen and oxygen atoms in total. The van der Waals surface area contributed by atoms with Crippen molar-refractivity contribution in [1.82, 2.24) is 4.57 Å². The molecule has 0 saturated heterocycles. The lowest BCUT2D eigenvalue weighted by atomic mass is 9.94. The average Bonchev–Trinajstić information content (AvgIpc) is 4.20. The highest BCUT2D eigenvalue weighted by Crippen LogP contribution is 2.46. The van der Waals surface area contributed by atoms with Crippen molar-refractivity contribution in [2.75, 3.05) is 6.54 Å². The summed E-state index contributed by atoms with van der Waals surface area (Å²) in [6.45, 7) is 12.6. The van der Waals surface area contributed by atoms with Crippen LogP contribution in [0.5, 0.6) is 0 Å². The molecule has 4 aromatic heterocycles. The number of fused-ring (bicyclic) bond motifs is 10. The molecule has 0 atom stereocenters. The number of hydrogen-bond donors (Lipinski definition) is 1. The van der Waals surface area contributed by atoms with E-state index in [1.165, 1.54) is 57.0 Å². The Bertz CT molecular complexity index is 4440. The predicted octanol–water partition coefficient (Wildman–Crippen LogP) is 16.2. The maximum atomic E-state index is 6.98. The Morgan fingerprint density at radius 2 is 1.32 bits per heavy atom. The Kier molecular flexibility index (Phi) is 11.5. The monoisotopic (exact) mass is 964 g/mol. The molecule has 4 heterocycles. The Morgan fingerprint density at radius 3 is 2.11 bits per heavy atom. The molecule has 0 radical (unpaired) electrons. The van der Waals surface area contributed by atoms with Gasteiger partial charge in [0.05, 0.1) is 17.6 Å². The molecule has 12 rings (SSSR count). The molecule has 8 aromatic carbocycles. The molecule has 0 aliphatic heterocycles. The zero-order valence-electron chi connectivity index (χ0n) is 39.9.